The van der Waals surface area contributed by atoms with Crippen molar-refractivity contribution in [3.63, 3.8) is 0 Å². The summed E-state index contributed by atoms with van der Waals surface area (Å²) in [5.74, 6) is 1.41. The Hall–Kier alpha value is -2.54. The van der Waals surface area contributed by atoms with Gasteiger partial charge in [-0.2, -0.15) is 0 Å². The van der Waals surface area contributed by atoms with Crippen molar-refractivity contribution in [3.8, 4) is 11.5 Å². The van der Waals surface area contributed by atoms with E-state index in [4.69, 9.17) is 9.47 Å². The average molecular weight is 403 g/mol. The highest BCUT2D eigenvalue weighted by molar-refractivity contribution is 7.14. The Bertz CT molecular complexity index is 875. The average Bonchev–Trinajstić information content (AvgIpc) is 3.14. The van der Waals surface area contributed by atoms with Gasteiger partial charge in [-0.25, -0.2) is 0 Å². The topological polar surface area (TPSA) is 67.9 Å². The van der Waals surface area contributed by atoms with Crippen LogP contribution in [-0.4, -0.2) is 45.0 Å². The Morgan fingerprint density at radius 1 is 1.21 bits per heavy atom. The largest absolute Gasteiger partial charge is 0.497 e. The second-order valence-electron chi connectivity index (χ2n) is 7.09. The predicted octanol–water partition coefficient (Wildman–Crippen LogP) is 2.89. The number of thiophene rings is 1. The molecule has 0 saturated heterocycles. The fraction of sp³-hybridized carbons (Fsp3) is 0.429. The molecule has 7 heteroatoms. The zero-order valence-electron chi connectivity index (χ0n) is 16.7. The highest BCUT2D eigenvalue weighted by Crippen LogP contribution is 2.33. The van der Waals surface area contributed by atoms with Crippen molar-refractivity contribution in [3.05, 3.63) is 45.1 Å². The molecule has 1 aliphatic rings. The lowest BCUT2D eigenvalue weighted by atomic mass is 9.87. The number of carbonyl (C=O) groups is 2. The highest BCUT2D eigenvalue weighted by atomic mass is 32.1. The molecule has 0 radical (unpaired) electrons. The van der Waals surface area contributed by atoms with Gasteiger partial charge in [-0.3, -0.25) is 9.59 Å². The van der Waals surface area contributed by atoms with Crippen LogP contribution in [0.2, 0.25) is 0 Å². The Kier molecular flexibility index (Phi) is 6.24. The first-order valence-electron chi connectivity index (χ1n) is 9.24. The molecule has 2 amide bonds. The first kappa shape index (κ1) is 20.2. The second-order valence-corrected chi connectivity index (χ2v) is 8.23. The van der Waals surface area contributed by atoms with E-state index in [-0.39, 0.29) is 17.7 Å². The van der Waals surface area contributed by atoms with E-state index in [1.807, 2.05) is 24.3 Å². The standard InChI is InChI=1S/C21H26N2O4S/c1-23(2)21(25)19-11-14-9-13(5-8-18(14)28-19)20(24)22-12-15-10-16(26-3)6-7-17(15)27-4/h6-7,10-11,13H,5,8-9,12H2,1-4H3,(H,22,24)/t13-/m1/s1. The quantitative estimate of drug-likeness (QED) is 0.807. The van der Waals surface area contributed by atoms with E-state index in [9.17, 15) is 9.59 Å². The summed E-state index contributed by atoms with van der Waals surface area (Å²) in [6.07, 6.45) is 2.30. The van der Waals surface area contributed by atoms with E-state index in [2.05, 4.69) is 5.32 Å². The minimum Gasteiger partial charge on any atom is -0.497 e. The summed E-state index contributed by atoms with van der Waals surface area (Å²) in [6.45, 7) is 0.385. The monoisotopic (exact) mass is 402 g/mol. The van der Waals surface area contributed by atoms with Gasteiger partial charge in [0, 0.05) is 37.0 Å². The molecule has 0 aliphatic heterocycles. The van der Waals surface area contributed by atoms with Gasteiger partial charge in [0.05, 0.1) is 19.1 Å². The van der Waals surface area contributed by atoms with Crippen LogP contribution >= 0.6 is 11.3 Å². The molecule has 3 rings (SSSR count). The van der Waals surface area contributed by atoms with Gasteiger partial charge in [-0.15, -0.1) is 11.3 Å². The van der Waals surface area contributed by atoms with E-state index in [1.54, 1.807) is 44.6 Å². The maximum atomic E-state index is 12.7. The molecule has 1 heterocycles. The van der Waals surface area contributed by atoms with Crippen molar-refractivity contribution >= 4 is 23.2 Å². The van der Waals surface area contributed by atoms with E-state index in [0.29, 0.717) is 13.0 Å². The zero-order valence-corrected chi connectivity index (χ0v) is 17.5. The summed E-state index contributed by atoms with van der Waals surface area (Å²) in [5.41, 5.74) is 2.00. The molecule has 1 atom stereocenters. The van der Waals surface area contributed by atoms with Crippen LogP contribution in [0.15, 0.2) is 24.3 Å². The van der Waals surface area contributed by atoms with Gasteiger partial charge >= 0.3 is 0 Å². The number of aryl methyl sites for hydroxylation is 1. The lowest BCUT2D eigenvalue weighted by Gasteiger charge is -2.21. The minimum absolute atomic E-state index is 0.0190. The van der Waals surface area contributed by atoms with Crippen LogP contribution in [0.1, 0.15) is 32.1 Å². The number of ether oxygens (including phenoxy) is 2. The first-order chi connectivity index (χ1) is 13.4. The summed E-state index contributed by atoms with van der Waals surface area (Å²) in [6, 6.07) is 7.49. The number of carbonyl (C=O) groups excluding carboxylic acids is 2. The third-order valence-electron chi connectivity index (χ3n) is 5.01. The number of methoxy groups -OCH3 is 2. The molecule has 1 aromatic heterocycles. The van der Waals surface area contributed by atoms with Crippen molar-refractivity contribution in [2.24, 2.45) is 5.92 Å². The Labute approximate surface area is 169 Å². The smallest absolute Gasteiger partial charge is 0.263 e. The molecule has 2 aromatic rings. The number of hydrogen-bond donors (Lipinski definition) is 1. The molecule has 28 heavy (non-hydrogen) atoms. The number of benzene rings is 1. The molecule has 0 saturated carbocycles. The molecule has 1 aromatic carbocycles. The van der Waals surface area contributed by atoms with E-state index < -0.39 is 0 Å². The number of nitrogens with zero attached hydrogens (tertiary/aromatic N) is 1. The molecule has 1 N–H and O–H groups in total. The maximum absolute atomic E-state index is 12.7. The van der Waals surface area contributed by atoms with Gasteiger partial charge in [-0.05, 0) is 49.1 Å². The van der Waals surface area contributed by atoms with Gasteiger partial charge in [0.25, 0.3) is 5.91 Å². The van der Waals surface area contributed by atoms with E-state index in [0.717, 1.165) is 40.3 Å². The lowest BCUT2D eigenvalue weighted by molar-refractivity contribution is -0.125. The van der Waals surface area contributed by atoms with Crippen LogP contribution in [0.4, 0.5) is 0 Å². The van der Waals surface area contributed by atoms with Crippen LogP contribution in [0.3, 0.4) is 0 Å². The number of nitrogens with one attached hydrogen (secondary N) is 1. The summed E-state index contributed by atoms with van der Waals surface area (Å²) < 4.78 is 10.6. The summed E-state index contributed by atoms with van der Waals surface area (Å²) in [4.78, 5) is 28.5. The fourth-order valence-corrected chi connectivity index (χ4v) is 4.65. The number of fused-ring (bicyclic) bond motifs is 1. The third kappa shape index (κ3) is 4.30. The molecule has 0 spiro atoms. The molecule has 0 unspecified atom stereocenters. The second kappa shape index (κ2) is 8.65. The highest BCUT2D eigenvalue weighted by Gasteiger charge is 2.27. The Balaban J connectivity index is 1.65. The maximum Gasteiger partial charge on any atom is 0.263 e. The normalized spacial score (nSPS) is 15.5. The molecular weight excluding hydrogens is 376 g/mol. The van der Waals surface area contributed by atoms with Crippen molar-refractivity contribution in [1.29, 1.82) is 0 Å². The molecule has 0 fully saturated rings. The van der Waals surface area contributed by atoms with Gasteiger partial charge < -0.3 is 19.7 Å². The Morgan fingerprint density at radius 3 is 2.68 bits per heavy atom. The van der Waals surface area contributed by atoms with Crippen molar-refractivity contribution < 1.29 is 19.1 Å². The summed E-state index contributed by atoms with van der Waals surface area (Å²) in [5, 5.41) is 3.03. The van der Waals surface area contributed by atoms with Crippen LogP contribution in [0.5, 0.6) is 11.5 Å². The summed E-state index contributed by atoms with van der Waals surface area (Å²) in [7, 11) is 6.73. The van der Waals surface area contributed by atoms with Crippen molar-refractivity contribution in [2.45, 2.75) is 25.8 Å². The van der Waals surface area contributed by atoms with Crippen LogP contribution in [0.25, 0.3) is 0 Å². The number of hydrogen-bond acceptors (Lipinski definition) is 5. The molecule has 150 valence electrons. The predicted molar refractivity (Wildman–Crippen MR) is 109 cm³/mol. The summed E-state index contributed by atoms with van der Waals surface area (Å²) >= 11 is 1.55. The SMILES string of the molecule is COc1ccc(OC)c(CNC(=O)[C@@H]2CCc3sc(C(=O)N(C)C)cc3C2)c1. The van der Waals surface area contributed by atoms with Crippen LogP contribution in [0, 0.1) is 5.92 Å². The van der Waals surface area contributed by atoms with E-state index >= 15 is 0 Å². The molecule has 0 bridgehead atoms. The van der Waals surface area contributed by atoms with E-state index in [1.165, 1.54) is 4.88 Å². The molecule has 1 aliphatic carbocycles. The van der Waals surface area contributed by atoms with Gasteiger partial charge in [-0.1, -0.05) is 0 Å². The minimum atomic E-state index is -0.0824. The molecular formula is C21H26N2O4S. The molecule has 6 nitrogen and oxygen atoms in total. The van der Waals surface area contributed by atoms with Gasteiger partial charge in [0.15, 0.2) is 0 Å². The lowest BCUT2D eigenvalue weighted by Crippen LogP contribution is -2.33. The van der Waals surface area contributed by atoms with Crippen molar-refractivity contribution in [1.82, 2.24) is 10.2 Å². The zero-order chi connectivity index (χ0) is 20.3. The van der Waals surface area contributed by atoms with Crippen molar-refractivity contribution in [2.75, 3.05) is 28.3 Å². The fourth-order valence-electron chi connectivity index (χ4n) is 3.42. The van der Waals surface area contributed by atoms with Crippen LogP contribution < -0.4 is 14.8 Å². The number of rotatable bonds is 6. The van der Waals surface area contributed by atoms with Crippen LogP contribution in [-0.2, 0) is 24.2 Å². The van der Waals surface area contributed by atoms with Gasteiger partial charge in [0.1, 0.15) is 11.5 Å². The van der Waals surface area contributed by atoms with Gasteiger partial charge in [0.2, 0.25) is 5.91 Å². The number of amides is 2. The Morgan fingerprint density at radius 2 is 2.00 bits per heavy atom. The third-order valence-corrected chi connectivity index (χ3v) is 6.24. The first-order valence-corrected chi connectivity index (χ1v) is 10.1.